The van der Waals surface area contributed by atoms with Gasteiger partial charge in [0, 0.05) is 5.56 Å². The van der Waals surface area contributed by atoms with Crippen molar-refractivity contribution >= 4 is 22.7 Å². The minimum Gasteiger partial charge on any atom is -0.496 e. The van der Waals surface area contributed by atoms with Gasteiger partial charge in [-0.15, -0.1) is 5.10 Å². The summed E-state index contributed by atoms with van der Waals surface area (Å²) in [6.07, 6.45) is 0. The molecule has 1 aromatic heterocycles. The number of hydrogen-bond donors (Lipinski definition) is 1. The lowest BCUT2D eigenvalue weighted by molar-refractivity contribution is 0.102. The monoisotopic (exact) mass is 477 g/mol. The summed E-state index contributed by atoms with van der Waals surface area (Å²) in [7, 11) is 1.52. The Morgan fingerprint density at radius 3 is 2.09 bits per heavy atom. The number of amides is 1. The quantitative estimate of drug-likeness (QED) is 0.326. The first-order valence-electron chi connectivity index (χ1n) is 11.4. The van der Waals surface area contributed by atoms with Gasteiger partial charge in [-0.2, -0.15) is 0 Å². The highest BCUT2D eigenvalue weighted by Crippen LogP contribution is 2.42. The zero-order valence-corrected chi connectivity index (χ0v) is 20.1. The third-order valence-electron chi connectivity index (χ3n) is 5.11. The molecule has 1 heterocycles. The normalized spacial score (nSPS) is 10.7. The summed E-state index contributed by atoms with van der Waals surface area (Å²) in [6.45, 7) is 6.97. The van der Waals surface area contributed by atoms with Gasteiger partial charge in [0.2, 0.25) is 11.6 Å². The summed E-state index contributed by atoms with van der Waals surface area (Å²) in [6, 6.07) is 14.7. The Bertz CT molecular complexity index is 1310. The lowest BCUT2D eigenvalue weighted by atomic mass is 10.1. The number of anilines is 1. The van der Waals surface area contributed by atoms with Crippen molar-refractivity contribution in [2.24, 2.45) is 0 Å². The first-order chi connectivity index (χ1) is 17.1. The molecule has 1 amide bonds. The molecule has 35 heavy (non-hydrogen) atoms. The molecule has 9 nitrogen and oxygen atoms in total. The second-order valence-corrected chi connectivity index (χ2v) is 7.37. The maximum Gasteiger partial charge on any atom is 0.322 e. The molecular weight excluding hydrogens is 450 g/mol. The van der Waals surface area contributed by atoms with E-state index in [1.165, 1.54) is 7.11 Å². The van der Waals surface area contributed by atoms with Crippen molar-refractivity contribution in [2.75, 3.05) is 32.2 Å². The first-order valence-corrected chi connectivity index (χ1v) is 11.4. The minimum absolute atomic E-state index is 0.0509. The number of benzene rings is 3. The Morgan fingerprint density at radius 1 is 0.857 bits per heavy atom. The van der Waals surface area contributed by atoms with Crippen LogP contribution in [0.4, 0.5) is 6.01 Å². The van der Waals surface area contributed by atoms with Crippen molar-refractivity contribution in [1.82, 2.24) is 10.2 Å². The summed E-state index contributed by atoms with van der Waals surface area (Å²) in [4.78, 5) is 13.0. The number of fused-ring (bicyclic) bond motifs is 1. The van der Waals surface area contributed by atoms with Gasteiger partial charge in [-0.25, -0.2) is 0 Å². The number of carbonyl (C=O) groups excluding carboxylic acids is 1. The molecule has 3 aromatic carbocycles. The van der Waals surface area contributed by atoms with Gasteiger partial charge in [0.25, 0.3) is 5.91 Å². The third-order valence-corrected chi connectivity index (χ3v) is 5.11. The predicted octanol–water partition coefficient (Wildman–Crippen LogP) is 5.35. The number of carbonyl (C=O) groups is 1. The van der Waals surface area contributed by atoms with Crippen molar-refractivity contribution < 1.29 is 28.2 Å². The molecule has 1 N–H and O–H groups in total. The van der Waals surface area contributed by atoms with Crippen LogP contribution in [0.25, 0.3) is 22.2 Å². The van der Waals surface area contributed by atoms with Gasteiger partial charge in [-0.3, -0.25) is 10.1 Å². The largest absolute Gasteiger partial charge is 0.496 e. The van der Waals surface area contributed by atoms with E-state index in [-0.39, 0.29) is 11.9 Å². The van der Waals surface area contributed by atoms with Crippen LogP contribution in [0.3, 0.4) is 0 Å². The number of rotatable bonds is 10. The van der Waals surface area contributed by atoms with Crippen molar-refractivity contribution in [2.45, 2.75) is 20.8 Å². The van der Waals surface area contributed by atoms with E-state index in [4.69, 9.17) is 23.4 Å². The Balaban J connectivity index is 1.63. The van der Waals surface area contributed by atoms with Crippen LogP contribution in [-0.2, 0) is 0 Å². The molecule has 0 atom stereocenters. The molecule has 0 spiro atoms. The van der Waals surface area contributed by atoms with Crippen molar-refractivity contribution in [3.8, 4) is 34.5 Å². The Kier molecular flexibility index (Phi) is 7.35. The topological polar surface area (TPSA) is 105 Å². The molecule has 0 saturated carbocycles. The number of nitrogens with one attached hydrogen (secondary N) is 1. The molecule has 0 bridgehead atoms. The molecule has 0 aliphatic carbocycles. The van der Waals surface area contributed by atoms with Crippen LogP contribution in [0.1, 0.15) is 31.1 Å². The van der Waals surface area contributed by atoms with Crippen molar-refractivity contribution in [1.29, 1.82) is 0 Å². The van der Waals surface area contributed by atoms with Crippen LogP contribution >= 0.6 is 0 Å². The van der Waals surface area contributed by atoms with E-state index < -0.39 is 5.91 Å². The summed E-state index contributed by atoms with van der Waals surface area (Å²) in [5, 5.41) is 12.6. The number of nitrogens with zero attached hydrogens (tertiary/aromatic N) is 2. The van der Waals surface area contributed by atoms with Gasteiger partial charge in [0.15, 0.2) is 11.5 Å². The van der Waals surface area contributed by atoms with Crippen LogP contribution < -0.4 is 24.3 Å². The molecule has 9 heteroatoms. The maximum absolute atomic E-state index is 13.0. The van der Waals surface area contributed by atoms with Crippen LogP contribution in [0.5, 0.6) is 23.0 Å². The highest BCUT2D eigenvalue weighted by Gasteiger charge is 2.21. The molecule has 0 aliphatic rings. The summed E-state index contributed by atoms with van der Waals surface area (Å²) >= 11 is 0. The minimum atomic E-state index is -0.431. The number of ether oxygens (including phenoxy) is 4. The summed E-state index contributed by atoms with van der Waals surface area (Å²) < 4.78 is 28.4. The second-order valence-electron chi connectivity index (χ2n) is 7.37. The van der Waals surface area contributed by atoms with Gasteiger partial charge in [0.05, 0.1) is 32.5 Å². The molecule has 0 fully saturated rings. The number of aromatic nitrogens is 2. The smallest absolute Gasteiger partial charge is 0.322 e. The van der Waals surface area contributed by atoms with Gasteiger partial charge in [0.1, 0.15) is 5.75 Å². The molecule has 4 rings (SSSR count). The highest BCUT2D eigenvalue weighted by atomic mass is 16.5. The van der Waals surface area contributed by atoms with Crippen molar-refractivity contribution in [3.63, 3.8) is 0 Å². The molecule has 0 aliphatic heterocycles. The standard InChI is InChI=1S/C26H27N3O6/c1-5-32-21-14-18(15-22(33-6-2)23(21)34-7-3)25-28-29-26(35-25)27-24(30)19-12-16-10-8-9-11-17(16)13-20(19)31-4/h8-15H,5-7H2,1-4H3,(H,27,29,30). The van der Waals surface area contributed by atoms with E-state index in [2.05, 4.69) is 15.5 Å². The van der Waals surface area contributed by atoms with E-state index in [0.717, 1.165) is 10.8 Å². The van der Waals surface area contributed by atoms with Gasteiger partial charge >= 0.3 is 6.01 Å². The lowest BCUT2D eigenvalue weighted by Gasteiger charge is -2.16. The fraction of sp³-hybridized carbons (Fsp3) is 0.269. The summed E-state index contributed by atoms with van der Waals surface area (Å²) in [5.74, 6) is 1.71. The van der Waals surface area contributed by atoms with E-state index in [1.807, 2.05) is 51.1 Å². The molecule has 4 aromatic rings. The molecule has 0 radical (unpaired) electrons. The Morgan fingerprint density at radius 2 is 1.49 bits per heavy atom. The summed E-state index contributed by atoms with van der Waals surface area (Å²) in [5.41, 5.74) is 0.918. The van der Waals surface area contributed by atoms with Crippen LogP contribution in [0.2, 0.25) is 0 Å². The van der Waals surface area contributed by atoms with E-state index in [1.54, 1.807) is 18.2 Å². The van der Waals surface area contributed by atoms with E-state index in [9.17, 15) is 4.79 Å². The van der Waals surface area contributed by atoms with Crippen LogP contribution in [0.15, 0.2) is 52.9 Å². The molecular formula is C26H27N3O6. The first kappa shape index (κ1) is 23.9. The second kappa shape index (κ2) is 10.8. The predicted molar refractivity (Wildman–Crippen MR) is 132 cm³/mol. The molecule has 0 unspecified atom stereocenters. The van der Waals surface area contributed by atoms with Gasteiger partial charge in [-0.05, 0) is 55.8 Å². The van der Waals surface area contributed by atoms with E-state index >= 15 is 0 Å². The number of hydrogen-bond acceptors (Lipinski definition) is 8. The van der Waals surface area contributed by atoms with Crippen molar-refractivity contribution in [3.05, 3.63) is 54.1 Å². The molecule has 182 valence electrons. The van der Waals surface area contributed by atoms with Crippen LogP contribution in [-0.4, -0.2) is 43.0 Å². The average molecular weight is 478 g/mol. The Labute approximate surface area is 203 Å². The van der Waals surface area contributed by atoms with Gasteiger partial charge in [-0.1, -0.05) is 29.4 Å². The highest BCUT2D eigenvalue weighted by molar-refractivity contribution is 6.08. The number of methoxy groups -OCH3 is 1. The average Bonchev–Trinajstić information content (AvgIpc) is 3.33. The van der Waals surface area contributed by atoms with Gasteiger partial charge < -0.3 is 23.4 Å². The Hall–Kier alpha value is -4.27. The fourth-order valence-corrected chi connectivity index (χ4v) is 3.63. The zero-order valence-electron chi connectivity index (χ0n) is 20.1. The zero-order chi connectivity index (χ0) is 24.8. The fourth-order valence-electron chi connectivity index (χ4n) is 3.63. The van der Waals surface area contributed by atoms with E-state index in [0.29, 0.717) is 53.9 Å². The third kappa shape index (κ3) is 5.13. The maximum atomic E-state index is 13.0. The molecule has 0 saturated heterocycles. The lowest BCUT2D eigenvalue weighted by Crippen LogP contribution is -2.13. The SMILES string of the molecule is CCOc1cc(-c2nnc(NC(=O)c3cc4ccccc4cc3OC)o2)cc(OCC)c1OCC. The van der Waals surface area contributed by atoms with Crippen LogP contribution in [0, 0.1) is 0 Å².